The summed E-state index contributed by atoms with van der Waals surface area (Å²) in [5.41, 5.74) is 1.44. The van der Waals surface area contributed by atoms with Gasteiger partial charge in [0.2, 0.25) is 5.91 Å². The first-order valence-electron chi connectivity index (χ1n) is 13.3. The number of halogens is 7. The molecular formula is C29H21F7N6O4S. The molecule has 1 N–H and O–H groups in total. The number of amidine groups is 1. The Labute approximate surface area is 265 Å². The quantitative estimate of drug-likeness (QED) is 0.199. The SMILES string of the molecule is Cc1ccc(COCC(F)(F)F)c(N2C(=O)CS/C2=N\C(=O)Nc2ccc(-n3cnc(-c4ccc(OC(F)(F)F)cc4)n3)cc2F)c1. The van der Waals surface area contributed by atoms with Crippen molar-refractivity contribution in [2.45, 2.75) is 26.1 Å². The van der Waals surface area contributed by atoms with E-state index in [0.29, 0.717) is 11.1 Å². The molecule has 0 aliphatic carbocycles. The van der Waals surface area contributed by atoms with Crippen LogP contribution >= 0.6 is 11.8 Å². The number of ether oxygens (including phenoxy) is 2. The van der Waals surface area contributed by atoms with E-state index in [9.17, 15) is 35.9 Å². The van der Waals surface area contributed by atoms with Gasteiger partial charge in [-0.2, -0.15) is 18.2 Å². The monoisotopic (exact) mass is 682 g/mol. The van der Waals surface area contributed by atoms with E-state index in [2.05, 4.69) is 25.1 Å². The van der Waals surface area contributed by atoms with Gasteiger partial charge >= 0.3 is 18.6 Å². The molecule has 1 aliphatic rings. The lowest BCUT2D eigenvalue weighted by molar-refractivity contribution is -0.274. The number of carbonyl (C=O) groups is 2. The molecule has 0 bridgehead atoms. The summed E-state index contributed by atoms with van der Waals surface area (Å²) < 4.78 is 99.9. The van der Waals surface area contributed by atoms with Gasteiger partial charge in [-0.25, -0.2) is 18.9 Å². The molecule has 1 fully saturated rings. The topological polar surface area (TPSA) is 111 Å². The maximum Gasteiger partial charge on any atom is 0.573 e. The molecule has 5 rings (SSSR count). The Kier molecular flexibility index (Phi) is 9.53. The van der Waals surface area contributed by atoms with Gasteiger partial charge < -0.3 is 14.8 Å². The molecule has 10 nitrogen and oxygen atoms in total. The fourth-order valence-corrected chi connectivity index (χ4v) is 5.12. The summed E-state index contributed by atoms with van der Waals surface area (Å²) in [4.78, 5) is 34.6. The average Bonchev–Trinajstić information content (AvgIpc) is 3.61. The summed E-state index contributed by atoms with van der Waals surface area (Å²) in [6.07, 6.45) is -8.13. The number of nitrogens with one attached hydrogen (secondary N) is 1. The number of benzene rings is 3. The standard InChI is InChI=1S/C29H21F7N6O4S/c1-16-2-3-18(12-45-14-28(31,32)33)23(10-16)42-24(43)13-47-27(42)39-26(44)38-22-9-6-19(11-21(22)30)41-15-37-25(40-41)17-4-7-20(8-5-17)46-29(34,35)36/h2-11,15H,12-14H2,1H3,(H,38,44)/b39-27-. The Hall–Kier alpha value is -4.97. The van der Waals surface area contributed by atoms with Crippen LogP contribution in [0.4, 0.5) is 46.9 Å². The number of urea groups is 1. The Balaban J connectivity index is 1.29. The van der Waals surface area contributed by atoms with Crippen LogP contribution in [-0.4, -0.2) is 56.8 Å². The van der Waals surface area contributed by atoms with E-state index >= 15 is 4.39 Å². The largest absolute Gasteiger partial charge is 0.573 e. The summed E-state index contributed by atoms with van der Waals surface area (Å²) >= 11 is 0.918. The minimum atomic E-state index is -4.84. The predicted octanol–water partition coefficient (Wildman–Crippen LogP) is 7.03. The molecule has 0 saturated carbocycles. The molecule has 1 saturated heterocycles. The molecule has 3 amide bonds. The number of alkyl halides is 6. The van der Waals surface area contributed by atoms with Crippen molar-refractivity contribution < 1.29 is 49.8 Å². The van der Waals surface area contributed by atoms with E-state index in [0.717, 1.165) is 34.9 Å². The van der Waals surface area contributed by atoms with E-state index in [1.807, 2.05) is 0 Å². The van der Waals surface area contributed by atoms with Gasteiger partial charge in [-0.3, -0.25) is 9.69 Å². The molecule has 246 valence electrons. The summed E-state index contributed by atoms with van der Waals surface area (Å²) in [5.74, 6) is -1.74. The number of aliphatic imine (C=N–C) groups is 1. The fourth-order valence-electron chi connectivity index (χ4n) is 4.27. The third kappa shape index (κ3) is 8.64. The van der Waals surface area contributed by atoms with Crippen molar-refractivity contribution in [3.63, 3.8) is 0 Å². The van der Waals surface area contributed by atoms with Gasteiger partial charge in [-0.05, 0) is 55.0 Å². The highest BCUT2D eigenvalue weighted by Crippen LogP contribution is 2.32. The van der Waals surface area contributed by atoms with Crippen molar-refractivity contribution in [3.8, 4) is 22.8 Å². The summed E-state index contributed by atoms with van der Waals surface area (Å²) in [5, 5.41) is 6.43. The van der Waals surface area contributed by atoms with Crippen molar-refractivity contribution in [1.82, 2.24) is 14.8 Å². The Morgan fingerprint density at radius 1 is 1.04 bits per heavy atom. The highest BCUT2D eigenvalue weighted by Gasteiger charge is 2.33. The Bertz CT molecular complexity index is 1830. The van der Waals surface area contributed by atoms with Gasteiger partial charge in [0.15, 0.2) is 11.0 Å². The number of hydrogen-bond acceptors (Lipinski definition) is 7. The van der Waals surface area contributed by atoms with E-state index in [4.69, 9.17) is 4.74 Å². The van der Waals surface area contributed by atoms with Crippen LogP contribution in [0.15, 0.2) is 72.0 Å². The van der Waals surface area contributed by atoms with Crippen molar-refractivity contribution in [3.05, 3.63) is 83.9 Å². The average molecular weight is 683 g/mol. The lowest BCUT2D eigenvalue weighted by Crippen LogP contribution is -2.31. The minimum Gasteiger partial charge on any atom is -0.406 e. The highest BCUT2D eigenvalue weighted by molar-refractivity contribution is 8.15. The molecule has 18 heteroatoms. The zero-order valence-electron chi connectivity index (χ0n) is 23.9. The molecule has 1 aliphatic heterocycles. The van der Waals surface area contributed by atoms with E-state index < -0.39 is 49.3 Å². The second-order valence-electron chi connectivity index (χ2n) is 9.83. The number of carbonyl (C=O) groups excluding carboxylic acids is 2. The first kappa shape index (κ1) is 33.4. The zero-order chi connectivity index (χ0) is 33.9. The number of anilines is 2. The highest BCUT2D eigenvalue weighted by atomic mass is 32.2. The minimum absolute atomic E-state index is 0.0691. The van der Waals surface area contributed by atoms with Gasteiger partial charge in [0, 0.05) is 17.2 Å². The number of thioether (sulfide) groups is 1. The molecular weight excluding hydrogens is 661 g/mol. The number of amides is 3. The van der Waals surface area contributed by atoms with Crippen molar-refractivity contribution >= 4 is 40.2 Å². The van der Waals surface area contributed by atoms with Crippen LogP contribution in [0.25, 0.3) is 17.1 Å². The Morgan fingerprint density at radius 2 is 1.79 bits per heavy atom. The van der Waals surface area contributed by atoms with E-state index in [1.165, 1.54) is 41.3 Å². The lowest BCUT2D eigenvalue weighted by atomic mass is 10.1. The molecule has 2 heterocycles. The van der Waals surface area contributed by atoms with Crippen LogP contribution in [0, 0.1) is 12.7 Å². The molecule has 1 aromatic heterocycles. The lowest BCUT2D eigenvalue weighted by Gasteiger charge is -2.21. The normalized spacial score (nSPS) is 14.6. The molecule has 3 aromatic carbocycles. The summed E-state index contributed by atoms with van der Waals surface area (Å²) in [7, 11) is 0. The van der Waals surface area contributed by atoms with Crippen molar-refractivity contribution in [1.29, 1.82) is 0 Å². The summed E-state index contributed by atoms with van der Waals surface area (Å²) in [6, 6.07) is 12.2. The van der Waals surface area contributed by atoms with Gasteiger partial charge in [0.25, 0.3) is 0 Å². The predicted molar refractivity (Wildman–Crippen MR) is 157 cm³/mol. The van der Waals surface area contributed by atoms with Gasteiger partial charge in [-0.1, -0.05) is 23.9 Å². The van der Waals surface area contributed by atoms with Crippen LogP contribution in [0.1, 0.15) is 11.1 Å². The van der Waals surface area contributed by atoms with E-state index in [1.54, 1.807) is 19.1 Å². The maximum absolute atomic E-state index is 15.0. The number of hydrogen-bond donors (Lipinski definition) is 1. The molecule has 0 radical (unpaired) electrons. The number of rotatable bonds is 8. The van der Waals surface area contributed by atoms with Crippen LogP contribution in [0.5, 0.6) is 5.75 Å². The smallest absolute Gasteiger partial charge is 0.406 e. The second kappa shape index (κ2) is 13.4. The summed E-state index contributed by atoms with van der Waals surface area (Å²) in [6.45, 7) is -0.244. The molecule has 0 atom stereocenters. The number of aromatic nitrogens is 3. The van der Waals surface area contributed by atoms with Gasteiger partial charge in [0.1, 0.15) is 24.5 Å². The number of aryl methyl sites for hydroxylation is 1. The second-order valence-corrected chi connectivity index (χ2v) is 10.8. The molecule has 4 aromatic rings. The van der Waals surface area contributed by atoms with Crippen LogP contribution in [0.3, 0.4) is 0 Å². The van der Waals surface area contributed by atoms with Crippen molar-refractivity contribution in [2.24, 2.45) is 4.99 Å². The van der Waals surface area contributed by atoms with Gasteiger partial charge in [0.05, 0.1) is 29.4 Å². The fraction of sp³-hybridized carbons (Fsp3) is 0.207. The molecule has 47 heavy (non-hydrogen) atoms. The number of nitrogens with zero attached hydrogens (tertiary/aromatic N) is 5. The third-order valence-corrected chi connectivity index (χ3v) is 7.19. The van der Waals surface area contributed by atoms with Crippen molar-refractivity contribution in [2.75, 3.05) is 22.6 Å². The van der Waals surface area contributed by atoms with E-state index in [-0.39, 0.29) is 39.4 Å². The van der Waals surface area contributed by atoms with Crippen LogP contribution in [-0.2, 0) is 16.1 Å². The third-order valence-electron chi connectivity index (χ3n) is 6.26. The van der Waals surface area contributed by atoms with Crippen LogP contribution in [0.2, 0.25) is 0 Å². The Morgan fingerprint density at radius 3 is 2.47 bits per heavy atom. The molecule has 0 spiro atoms. The first-order chi connectivity index (χ1) is 22.1. The first-order valence-corrected chi connectivity index (χ1v) is 14.3. The zero-order valence-corrected chi connectivity index (χ0v) is 24.7. The maximum atomic E-state index is 15.0. The van der Waals surface area contributed by atoms with Gasteiger partial charge in [-0.15, -0.1) is 18.3 Å². The molecule has 0 unspecified atom stereocenters. The van der Waals surface area contributed by atoms with Crippen LogP contribution < -0.4 is 15.0 Å².